The van der Waals surface area contributed by atoms with Crippen LogP contribution in [0.1, 0.15) is 30.1 Å². The molecule has 5 nitrogen and oxygen atoms in total. The van der Waals surface area contributed by atoms with Crippen LogP contribution in [-0.2, 0) is 16.0 Å². The number of nitrogens with one attached hydrogen (secondary N) is 1. The summed E-state index contributed by atoms with van der Waals surface area (Å²) in [5.74, 6) is -0.532. The topological polar surface area (TPSA) is 75.2 Å². The van der Waals surface area contributed by atoms with Gasteiger partial charge in [0.25, 0.3) is 0 Å². The summed E-state index contributed by atoms with van der Waals surface area (Å²) in [5, 5.41) is 8.81. The highest BCUT2D eigenvalue weighted by molar-refractivity contribution is 9.10. The first-order valence-electron chi connectivity index (χ1n) is 5.20. The van der Waals surface area contributed by atoms with Gasteiger partial charge in [-0.3, -0.25) is 4.79 Å². The molecule has 2 N–H and O–H groups in total. The number of aromatic amines is 1. The van der Waals surface area contributed by atoms with Gasteiger partial charge in [0.05, 0.1) is 17.8 Å². The maximum atomic E-state index is 10.7. The van der Waals surface area contributed by atoms with Crippen molar-refractivity contribution in [3.63, 3.8) is 0 Å². The third kappa shape index (κ3) is 2.62. The highest BCUT2D eigenvalue weighted by Crippen LogP contribution is 2.29. The molecule has 1 aromatic heterocycles. The van der Waals surface area contributed by atoms with Crippen LogP contribution in [0.2, 0.25) is 0 Å². The number of aliphatic carboxylic acids is 1. The molecule has 0 aromatic carbocycles. The van der Waals surface area contributed by atoms with Crippen molar-refractivity contribution in [1.82, 2.24) is 9.97 Å². The lowest BCUT2D eigenvalue weighted by Crippen LogP contribution is -2.16. The first-order chi connectivity index (χ1) is 7.66. The van der Waals surface area contributed by atoms with Crippen LogP contribution in [0.25, 0.3) is 0 Å². The van der Waals surface area contributed by atoms with E-state index in [1.54, 1.807) is 0 Å². The van der Waals surface area contributed by atoms with Crippen LogP contribution in [0.4, 0.5) is 0 Å². The van der Waals surface area contributed by atoms with E-state index in [1.807, 2.05) is 0 Å². The molecule has 6 heteroatoms. The number of rotatable bonds is 3. The Bertz CT molecular complexity index is 385. The van der Waals surface area contributed by atoms with Gasteiger partial charge < -0.3 is 14.8 Å². The third-order valence-corrected chi connectivity index (χ3v) is 3.09. The van der Waals surface area contributed by atoms with Crippen LogP contribution in [-0.4, -0.2) is 34.3 Å². The summed E-state index contributed by atoms with van der Waals surface area (Å²) in [7, 11) is 0. The predicted octanol–water partition coefficient (Wildman–Crippen LogP) is 1.69. The number of carbonyl (C=O) groups is 1. The van der Waals surface area contributed by atoms with Gasteiger partial charge in [-0.25, -0.2) is 4.98 Å². The van der Waals surface area contributed by atoms with Crippen molar-refractivity contribution in [3.8, 4) is 0 Å². The summed E-state index contributed by atoms with van der Waals surface area (Å²) < 4.78 is 5.89. The number of aromatic nitrogens is 2. The van der Waals surface area contributed by atoms with Crippen molar-refractivity contribution < 1.29 is 14.6 Å². The molecule has 0 aliphatic carbocycles. The Labute approximate surface area is 101 Å². The number of hydrogen-bond donors (Lipinski definition) is 2. The fourth-order valence-electron chi connectivity index (χ4n) is 1.98. The molecule has 1 aliphatic rings. The van der Waals surface area contributed by atoms with Crippen LogP contribution in [0.15, 0.2) is 4.73 Å². The molecule has 1 aromatic rings. The minimum Gasteiger partial charge on any atom is -0.481 e. The number of carboxylic acid groups (broad SMARTS) is 1. The summed E-state index contributed by atoms with van der Waals surface area (Å²) >= 11 is 3.25. The van der Waals surface area contributed by atoms with E-state index in [2.05, 4.69) is 25.9 Å². The predicted molar refractivity (Wildman–Crippen MR) is 60.4 cm³/mol. The molecule has 0 bridgehead atoms. The Morgan fingerprint density at radius 1 is 1.56 bits per heavy atom. The molecule has 0 atom stereocenters. The van der Waals surface area contributed by atoms with Gasteiger partial charge in [0, 0.05) is 19.1 Å². The quantitative estimate of drug-likeness (QED) is 0.888. The molecule has 16 heavy (non-hydrogen) atoms. The zero-order valence-electron chi connectivity index (χ0n) is 8.70. The zero-order valence-corrected chi connectivity index (χ0v) is 10.3. The Morgan fingerprint density at radius 3 is 2.88 bits per heavy atom. The van der Waals surface area contributed by atoms with Gasteiger partial charge in [0.2, 0.25) is 0 Å². The third-order valence-electron chi connectivity index (χ3n) is 2.72. The zero-order chi connectivity index (χ0) is 11.5. The minimum absolute atomic E-state index is 0.00864. The largest absolute Gasteiger partial charge is 0.481 e. The van der Waals surface area contributed by atoms with Crippen molar-refractivity contribution in [1.29, 1.82) is 0 Å². The molecule has 1 saturated heterocycles. The van der Waals surface area contributed by atoms with E-state index in [-0.39, 0.29) is 6.42 Å². The number of hydrogen-bond acceptors (Lipinski definition) is 3. The average Bonchev–Trinajstić information content (AvgIpc) is 2.60. The van der Waals surface area contributed by atoms with E-state index in [1.165, 1.54) is 0 Å². The van der Waals surface area contributed by atoms with E-state index in [4.69, 9.17) is 9.84 Å². The molecule has 1 fully saturated rings. The maximum Gasteiger partial charge on any atom is 0.309 e. The molecule has 0 radical (unpaired) electrons. The second kappa shape index (κ2) is 4.97. The summed E-state index contributed by atoms with van der Waals surface area (Å²) in [6.45, 7) is 1.45. The Kier molecular flexibility index (Phi) is 3.60. The molecule has 0 amide bonds. The van der Waals surface area contributed by atoms with Crippen molar-refractivity contribution >= 4 is 21.9 Å². The fourth-order valence-corrected chi connectivity index (χ4v) is 2.41. The fraction of sp³-hybridized carbons (Fsp3) is 0.600. The van der Waals surface area contributed by atoms with Gasteiger partial charge >= 0.3 is 5.97 Å². The number of carboxylic acids is 1. The van der Waals surface area contributed by atoms with Gasteiger partial charge in [-0.05, 0) is 28.8 Å². The number of imidazole rings is 1. The lowest BCUT2D eigenvalue weighted by atomic mass is 9.94. The summed E-state index contributed by atoms with van der Waals surface area (Å²) in [6, 6.07) is 0. The second-order valence-electron chi connectivity index (χ2n) is 3.85. The Morgan fingerprint density at radius 2 is 2.25 bits per heavy atom. The van der Waals surface area contributed by atoms with Gasteiger partial charge in [-0.15, -0.1) is 0 Å². The van der Waals surface area contributed by atoms with Crippen LogP contribution >= 0.6 is 15.9 Å². The molecular weight excluding hydrogens is 276 g/mol. The lowest BCUT2D eigenvalue weighted by molar-refractivity contribution is -0.136. The van der Waals surface area contributed by atoms with Crippen LogP contribution < -0.4 is 0 Å². The first kappa shape index (κ1) is 11.6. The van der Waals surface area contributed by atoms with Crippen molar-refractivity contribution in [3.05, 3.63) is 16.1 Å². The number of halogens is 1. The monoisotopic (exact) mass is 288 g/mol. The Hall–Kier alpha value is -0.880. The number of H-pyrrole nitrogens is 1. The van der Waals surface area contributed by atoms with Crippen LogP contribution in [0, 0.1) is 0 Å². The number of nitrogens with zero attached hydrogens (tertiary/aromatic N) is 1. The smallest absolute Gasteiger partial charge is 0.309 e. The van der Waals surface area contributed by atoms with Crippen molar-refractivity contribution in [2.24, 2.45) is 0 Å². The van der Waals surface area contributed by atoms with Gasteiger partial charge in [-0.1, -0.05) is 0 Å². The van der Waals surface area contributed by atoms with Crippen molar-refractivity contribution in [2.75, 3.05) is 13.2 Å². The highest BCUT2D eigenvalue weighted by atomic mass is 79.9. The molecular formula is C10H13BrN2O3. The lowest BCUT2D eigenvalue weighted by Gasteiger charge is -2.21. The normalized spacial score (nSPS) is 17.6. The molecule has 2 heterocycles. The van der Waals surface area contributed by atoms with Gasteiger partial charge in [0.15, 0.2) is 4.73 Å². The number of ether oxygens (including phenoxy) is 1. The van der Waals surface area contributed by atoms with Crippen LogP contribution in [0.5, 0.6) is 0 Å². The molecule has 2 rings (SSSR count). The average molecular weight is 289 g/mol. The summed E-state index contributed by atoms with van der Waals surface area (Å²) in [4.78, 5) is 18.0. The van der Waals surface area contributed by atoms with E-state index in [9.17, 15) is 4.79 Å². The molecule has 0 unspecified atom stereocenters. The van der Waals surface area contributed by atoms with Crippen LogP contribution in [0.3, 0.4) is 0 Å². The first-order valence-corrected chi connectivity index (χ1v) is 6.00. The van der Waals surface area contributed by atoms with E-state index in [0.29, 0.717) is 16.3 Å². The molecule has 0 spiro atoms. The molecule has 1 aliphatic heterocycles. The molecule has 88 valence electrons. The SMILES string of the molecule is O=C(O)Cc1[nH]c(Br)nc1C1CCOCC1. The van der Waals surface area contributed by atoms with E-state index < -0.39 is 5.97 Å². The van der Waals surface area contributed by atoms with Gasteiger partial charge in [-0.2, -0.15) is 0 Å². The van der Waals surface area contributed by atoms with Gasteiger partial charge in [0.1, 0.15) is 0 Å². The second-order valence-corrected chi connectivity index (χ2v) is 4.60. The van der Waals surface area contributed by atoms with Crippen molar-refractivity contribution in [2.45, 2.75) is 25.2 Å². The molecule has 0 saturated carbocycles. The standard InChI is InChI=1S/C10H13BrN2O3/c11-10-12-7(5-8(14)15)9(13-10)6-1-3-16-4-2-6/h6H,1-5H2,(H,12,13)(H,14,15). The Balaban J connectivity index is 2.20. The van der Waals surface area contributed by atoms with E-state index in [0.717, 1.165) is 31.7 Å². The highest BCUT2D eigenvalue weighted by Gasteiger charge is 2.23. The minimum atomic E-state index is -0.843. The summed E-state index contributed by atoms with van der Waals surface area (Å²) in [6.07, 6.45) is 1.80. The summed E-state index contributed by atoms with van der Waals surface area (Å²) in [5.41, 5.74) is 1.57. The van der Waals surface area contributed by atoms with E-state index >= 15 is 0 Å². The maximum absolute atomic E-state index is 10.7.